The van der Waals surface area contributed by atoms with Crippen LogP contribution >= 0.6 is 0 Å². The van der Waals surface area contributed by atoms with Crippen LogP contribution < -0.4 is 0 Å². The van der Waals surface area contributed by atoms with E-state index < -0.39 is 5.97 Å². The number of carboxylic acid groups (broad SMARTS) is 1. The number of carbonyl (C=O) groups is 2. The van der Waals surface area contributed by atoms with Crippen LogP contribution in [0.4, 0.5) is 0 Å². The molecule has 0 aliphatic carbocycles. The van der Waals surface area contributed by atoms with Crippen LogP contribution in [0.25, 0.3) is 0 Å². The van der Waals surface area contributed by atoms with Gasteiger partial charge in [-0.3, -0.25) is 9.59 Å². The van der Waals surface area contributed by atoms with E-state index in [0.29, 0.717) is 13.0 Å². The van der Waals surface area contributed by atoms with Crippen LogP contribution in [0.2, 0.25) is 0 Å². The number of unbranched alkanes of at least 4 members (excludes halogenated alkanes) is 8. The van der Waals surface area contributed by atoms with Gasteiger partial charge in [0, 0.05) is 6.42 Å². The lowest BCUT2D eigenvalue weighted by Crippen LogP contribution is -2.16. The standard InChI is InChI=1S/C18H34O4/c1-3-16(18(21)22-4-2)14-12-10-8-6-5-7-9-11-13-15-17(19)20/h16H,3-15H2,1-2H3,(H,19,20). The van der Waals surface area contributed by atoms with Crippen molar-refractivity contribution in [2.24, 2.45) is 5.92 Å². The predicted octanol–water partition coefficient (Wildman–Crippen LogP) is 4.95. The lowest BCUT2D eigenvalue weighted by Gasteiger charge is -2.13. The van der Waals surface area contributed by atoms with Crippen molar-refractivity contribution in [3.05, 3.63) is 0 Å². The van der Waals surface area contributed by atoms with E-state index in [1.165, 1.54) is 32.1 Å². The van der Waals surface area contributed by atoms with Crippen molar-refractivity contribution in [3.63, 3.8) is 0 Å². The van der Waals surface area contributed by atoms with Gasteiger partial charge in [0.25, 0.3) is 0 Å². The summed E-state index contributed by atoms with van der Waals surface area (Å²) in [6, 6.07) is 0. The molecule has 22 heavy (non-hydrogen) atoms. The number of hydrogen-bond donors (Lipinski definition) is 1. The lowest BCUT2D eigenvalue weighted by atomic mass is 9.98. The maximum Gasteiger partial charge on any atom is 0.308 e. The summed E-state index contributed by atoms with van der Waals surface area (Å²) in [4.78, 5) is 22.0. The van der Waals surface area contributed by atoms with Gasteiger partial charge in [-0.15, -0.1) is 0 Å². The zero-order chi connectivity index (χ0) is 16.6. The zero-order valence-corrected chi connectivity index (χ0v) is 14.4. The Bertz CT molecular complexity index is 289. The molecule has 0 saturated heterocycles. The summed E-state index contributed by atoms with van der Waals surface area (Å²) >= 11 is 0. The van der Waals surface area contributed by atoms with Crippen LogP contribution in [0.5, 0.6) is 0 Å². The highest BCUT2D eigenvalue weighted by Crippen LogP contribution is 2.17. The minimum absolute atomic E-state index is 0.0358. The van der Waals surface area contributed by atoms with Crippen molar-refractivity contribution in [1.82, 2.24) is 0 Å². The molecule has 4 nitrogen and oxygen atoms in total. The minimum Gasteiger partial charge on any atom is -0.481 e. The molecule has 0 bridgehead atoms. The second-order valence-corrected chi connectivity index (χ2v) is 5.97. The summed E-state index contributed by atoms with van der Waals surface area (Å²) in [5.74, 6) is -0.645. The molecule has 0 aromatic carbocycles. The average molecular weight is 314 g/mol. The quantitative estimate of drug-likeness (QED) is 0.343. The molecule has 0 spiro atoms. The van der Waals surface area contributed by atoms with Crippen molar-refractivity contribution in [1.29, 1.82) is 0 Å². The molecule has 4 heteroatoms. The average Bonchev–Trinajstić information content (AvgIpc) is 2.48. The van der Waals surface area contributed by atoms with Crippen LogP contribution in [-0.4, -0.2) is 23.7 Å². The molecule has 0 radical (unpaired) electrons. The van der Waals surface area contributed by atoms with Crippen LogP contribution in [-0.2, 0) is 14.3 Å². The molecule has 1 N–H and O–H groups in total. The van der Waals surface area contributed by atoms with E-state index in [1.54, 1.807) is 0 Å². The van der Waals surface area contributed by atoms with E-state index in [0.717, 1.165) is 38.5 Å². The molecule has 130 valence electrons. The Balaban J connectivity index is 3.35. The smallest absolute Gasteiger partial charge is 0.308 e. The van der Waals surface area contributed by atoms with Gasteiger partial charge in [0.15, 0.2) is 0 Å². The number of hydrogen-bond acceptors (Lipinski definition) is 3. The molecule has 0 heterocycles. The number of carbonyl (C=O) groups excluding carboxylic acids is 1. The molecule has 0 amide bonds. The van der Waals surface area contributed by atoms with E-state index in [1.807, 2.05) is 13.8 Å². The molecule has 1 unspecified atom stereocenters. The normalized spacial score (nSPS) is 12.1. The summed E-state index contributed by atoms with van der Waals surface area (Å²) in [7, 11) is 0. The highest BCUT2D eigenvalue weighted by atomic mass is 16.5. The largest absolute Gasteiger partial charge is 0.481 e. The van der Waals surface area contributed by atoms with Gasteiger partial charge in [-0.25, -0.2) is 0 Å². The second kappa shape index (κ2) is 14.9. The van der Waals surface area contributed by atoms with E-state index in [4.69, 9.17) is 9.84 Å². The third-order valence-corrected chi connectivity index (χ3v) is 4.06. The van der Waals surface area contributed by atoms with Crippen molar-refractivity contribution in [2.45, 2.75) is 90.9 Å². The molecule has 1 atom stereocenters. The third-order valence-electron chi connectivity index (χ3n) is 4.06. The van der Waals surface area contributed by atoms with E-state index in [9.17, 15) is 9.59 Å². The first-order chi connectivity index (χ1) is 10.6. The maximum atomic E-state index is 11.6. The molecular weight excluding hydrogens is 280 g/mol. The zero-order valence-electron chi connectivity index (χ0n) is 14.4. The fraction of sp³-hybridized carbons (Fsp3) is 0.889. The molecule has 0 aromatic rings. The first-order valence-corrected chi connectivity index (χ1v) is 9.00. The van der Waals surface area contributed by atoms with Crippen molar-refractivity contribution >= 4 is 11.9 Å². The summed E-state index contributed by atoms with van der Waals surface area (Å²) in [6.45, 7) is 4.38. The van der Waals surface area contributed by atoms with Crippen molar-refractivity contribution in [2.75, 3.05) is 6.61 Å². The van der Waals surface area contributed by atoms with Gasteiger partial charge >= 0.3 is 11.9 Å². The van der Waals surface area contributed by atoms with E-state index in [-0.39, 0.29) is 11.9 Å². The van der Waals surface area contributed by atoms with Gasteiger partial charge < -0.3 is 9.84 Å². The number of ether oxygens (including phenoxy) is 1. The summed E-state index contributed by atoms with van der Waals surface area (Å²) in [6.07, 6.45) is 12.3. The molecule has 0 saturated carbocycles. The Morgan fingerprint density at radius 1 is 0.864 bits per heavy atom. The monoisotopic (exact) mass is 314 g/mol. The van der Waals surface area contributed by atoms with Gasteiger partial charge in [-0.2, -0.15) is 0 Å². The van der Waals surface area contributed by atoms with E-state index in [2.05, 4.69) is 0 Å². The van der Waals surface area contributed by atoms with Crippen LogP contribution in [0.15, 0.2) is 0 Å². The molecule has 0 rings (SSSR count). The number of esters is 1. The minimum atomic E-state index is -0.687. The SMILES string of the molecule is CCOC(=O)C(CC)CCCCCCCCCCCC(=O)O. The topological polar surface area (TPSA) is 63.6 Å². The molecule has 0 aliphatic heterocycles. The fourth-order valence-corrected chi connectivity index (χ4v) is 2.65. The summed E-state index contributed by atoms with van der Waals surface area (Å²) < 4.78 is 5.08. The highest BCUT2D eigenvalue weighted by molar-refractivity contribution is 5.72. The Morgan fingerprint density at radius 2 is 1.36 bits per heavy atom. The molecule has 0 aromatic heterocycles. The summed E-state index contributed by atoms with van der Waals surface area (Å²) in [5, 5.41) is 8.53. The van der Waals surface area contributed by atoms with Gasteiger partial charge in [0.05, 0.1) is 12.5 Å². The summed E-state index contributed by atoms with van der Waals surface area (Å²) in [5.41, 5.74) is 0. The number of aliphatic carboxylic acids is 1. The molecule has 0 aliphatic rings. The first-order valence-electron chi connectivity index (χ1n) is 9.00. The lowest BCUT2D eigenvalue weighted by molar-refractivity contribution is -0.148. The van der Waals surface area contributed by atoms with Gasteiger partial charge in [-0.1, -0.05) is 58.3 Å². The Labute approximate surface area is 135 Å². The van der Waals surface area contributed by atoms with E-state index >= 15 is 0 Å². The van der Waals surface area contributed by atoms with Crippen LogP contribution in [0, 0.1) is 5.92 Å². The second-order valence-electron chi connectivity index (χ2n) is 5.97. The van der Waals surface area contributed by atoms with Crippen LogP contribution in [0.1, 0.15) is 90.9 Å². The maximum absolute atomic E-state index is 11.6. The number of carboxylic acids is 1. The molecule has 0 fully saturated rings. The highest BCUT2D eigenvalue weighted by Gasteiger charge is 2.16. The van der Waals surface area contributed by atoms with Gasteiger partial charge in [0.1, 0.15) is 0 Å². The van der Waals surface area contributed by atoms with Gasteiger partial charge in [0.2, 0.25) is 0 Å². The Morgan fingerprint density at radius 3 is 1.82 bits per heavy atom. The molecular formula is C18H34O4. The fourth-order valence-electron chi connectivity index (χ4n) is 2.65. The van der Waals surface area contributed by atoms with Crippen LogP contribution in [0.3, 0.4) is 0 Å². The third kappa shape index (κ3) is 12.7. The Hall–Kier alpha value is -1.06. The van der Waals surface area contributed by atoms with Gasteiger partial charge in [-0.05, 0) is 26.2 Å². The first kappa shape index (κ1) is 20.9. The van der Waals surface area contributed by atoms with Crippen molar-refractivity contribution in [3.8, 4) is 0 Å². The predicted molar refractivity (Wildman–Crippen MR) is 88.8 cm³/mol. The number of rotatable bonds is 15. The van der Waals surface area contributed by atoms with Crippen molar-refractivity contribution < 1.29 is 19.4 Å². The Kier molecular flexibility index (Phi) is 14.1.